The van der Waals surface area contributed by atoms with Gasteiger partial charge in [0.1, 0.15) is 18.1 Å². The molecule has 1 heterocycles. The number of aliphatic hydroxyl groups excluding tert-OH is 1. The fourth-order valence-electron chi connectivity index (χ4n) is 3.77. The lowest BCUT2D eigenvalue weighted by molar-refractivity contribution is -0.926. The highest BCUT2D eigenvalue weighted by molar-refractivity contribution is 6.32. The Kier molecular flexibility index (Phi) is 4.11. The fourth-order valence-corrected chi connectivity index (χ4v) is 4.02. The fraction of sp³-hybridized carbons (Fsp3) is 0.600. The predicted octanol–water partition coefficient (Wildman–Crippen LogP) is 3.13. The van der Waals surface area contributed by atoms with Crippen molar-refractivity contribution in [3.63, 3.8) is 0 Å². The van der Waals surface area contributed by atoms with Crippen LogP contribution in [0.5, 0.6) is 0 Å². The maximum absolute atomic E-state index is 13.2. The standard InChI is InChI=1S/C15H19ClN2O4/c16-14-5-11-7-18(22,8-12(11)6-15(14)17(20)21)13-3-1-10(9-19)2-4-13/h5-6,10,13,19H,1-4,7-9H2. The number of halogens is 1. The van der Waals surface area contributed by atoms with E-state index in [1.807, 2.05) is 0 Å². The van der Waals surface area contributed by atoms with Gasteiger partial charge in [-0.1, -0.05) is 11.6 Å². The highest BCUT2D eigenvalue weighted by atomic mass is 35.5. The van der Waals surface area contributed by atoms with E-state index in [4.69, 9.17) is 11.6 Å². The Balaban J connectivity index is 1.80. The van der Waals surface area contributed by atoms with Crippen LogP contribution in [0.2, 0.25) is 5.02 Å². The van der Waals surface area contributed by atoms with Crippen LogP contribution in [0, 0.1) is 21.2 Å². The van der Waals surface area contributed by atoms with Gasteiger partial charge in [0.15, 0.2) is 0 Å². The zero-order valence-corrected chi connectivity index (χ0v) is 13.0. The second kappa shape index (κ2) is 5.77. The average Bonchev–Trinajstić information content (AvgIpc) is 2.82. The van der Waals surface area contributed by atoms with Crippen LogP contribution in [0.4, 0.5) is 5.69 Å². The SMILES string of the molecule is O=[N+]([O-])c1cc2c(cc1Cl)C[N+]([O-])(C1CCC(CO)CC1)C2. The van der Waals surface area contributed by atoms with Gasteiger partial charge in [-0.3, -0.25) is 10.1 Å². The van der Waals surface area contributed by atoms with Gasteiger partial charge in [0, 0.05) is 36.6 Å². The second-order valence-electron chi connectivity index (χ2n) is 6.46. The first-order valence-corrected chi connectivity index (χ1v) is 7.95. The van der Waals surface area contributed by atoms with E-state index >= 15 is 0 Å². The van der Waals surface area contributed by atoms with Crippen LogP contribution in [-0.4, -0.2) is 27.3 Å². The Morgan fingerprint density at radius 3 is 2.36 bits per heavy atom. The highest BCUT2D eigenvalue weighted by Crippen LogP contribution is 2.41. The van der Waals surface area contributed by atoms with Crippen molar-refractivity contribution in [2.75, 3.05) is 6.61 Å². The number of hydrogen-bond acceptors (Lipinski definition) is 4. The molecule has 22 heavy (non-hydrogen) atoms. The largest absolute Gasteiger partial charge is 0.632 e. The molecule has 0 aromatic heterocycles. The topological polar surface area (TPSA) is 86.4 Å². The lowest BCUT2D eigenvalue weighted by Gasteiger charge is -2.48. The first-order chi connectivity index (χ1) is 10.4. The molecule has 0 bridgehead atoms. The second-order valence-corrected chi connectivity index (χ2v) is 6.86. The number of benzene rings is 1. The number of rotatable bonds is 3. The van der Waals surface area contributed by atoms with Gasteiger partial charge in [-0.25, -0.2) is 0 Å². The number of fused-ring (bicyclic) bond motifs is 1. The third-order valence-electron chi connectivity index (χ3n) is 5.08. The summed E-state index contributed by atoms with van der Waals surface area (Å²) in [7, 11) is 0. The maximum atomic E-state index is 13.2. The minimum absolute atomic E-state index is 0.00744. The van der Waals surface area contributed by atoms with Crippen molar-refractivity contribution < 1.29 is 14.7 Å². The quantitative estimate of drug-likeness (QED) is 0.400. The molecule has 1 N–H and O–H groups in total. The Hall–Kier alpha value is -1.21. The number of nitro groups is 1. The first kappa shape index (κ1) is 15.7. The third-order valence-corrected chi connectivity index (χ3v) is 5.38. The highest BCUT2D eigenvalue weighted by Gasteiger charge is 2.39. The Labute approximate surface area is 133 Å². The number of quaternary nitrogens is 1. The zero-order valence-electron chi connectivity index (χ0n) is 12.2. The summed E-state index contributed by atoms with van der Waals surface area (Å²) in [5.74, 6) is 0.309. The summed E-state index contributed by atoms with van der Waals surface area (Å²) in [4.78, 5) is 10.5. The number of aliphatic hydroxyl groups is 1. The van der Waals surface area contributed by atoms with Gasteiger partial charge in [-0.05, 0) is 24.8 Å². The van der Waals surface area contributed by atoms with Crippen molar-refractivity contribution in [3.8, 4) is 0 Å². The summed E-state index contributed by atoms with van der Waals surface area (Å²) in [6.07, 6.45) is 3.36. The molecule has 0 spiro atoms. The number of hydrogen-bond donors (Lipinski definition) is 1. The van der Waals surface area contributed by atoms with E-state index in [1.54, 1.807) is 6.07 Å². The summed E-state index contributed by atoms with van der Waals surface area (Å²) >= 11 is 5.94. The minimum Gasteiger partial charge on any atom is -0.632 e. The monoisotopic (exact) mass is 326 g/mol. The van der Waals surface area contributed by atoms with Gasteiger partial charge in [0.05, 0.1) is 11.0 Å². The molecule has 0 saturated heterocycles. The Morgan fingerprint density at radius 2 is 1.82 bits per heavy atom. The molecule has 1 fully saturated rings. The molecule has 6 nitrogen and oxygen atoms in total. The van der Waals surface area contributed by atoms with E-state index in [2.05, 4.69) is 0 Å². The summed E-state index contributed by atoms with van der Waals surface area (Å²) in [6, 6.07) is 3.04. The third kappa shape index (κ3) is 2.72. The van der Waals surface area contributed by atoms with E-state index in [0.29, 0.717) is 12.5 Å². The van der Waals surface area contributed by atoms with Crippen LogP contribution in [0.15, 0.2) is 12.1 Å². The lowest BCUT2D eigenvalue weighted by Crippen LogP contribution is -2.48. The maximum Gasteiger partial charge on any atom is 0.288 e. The van der Waals surface area contributed by atoms with Crippen molar-refractivity contribution in [2.45, 2.75) is 44.8 Å². The van der Waals surface area contributed by atoms with Gasteiger partial charge in [0.2, 0.25) is 0 Å². The van der Waals surface area contributed by atoms with E-state index in [-0.39, 0.29) is 34.5 Å². The minimum atomic E-state index is -0.507. The van der Waals surface area contributed by atoms with Crippen LogP contribution in [0.25, 0.3) is 0 Å². The van der Waals surface area contributed by atoms with Crippen LogP contribution in [-0.2, 0) is 13.1 Å². The molecule has 120 valence electrons. The van der Waals surface area contributed by atoms with Gasteiger partial charge in [0.25, 0.3) is 5.69 Å². The molecule has 1 aliphatic heterocycles. The first-order valence-electron chi connectivity index (χ1n) is 7.57. The molecule has 1 saturated carbocycles. The van der Waals surface area contributed by atoms with Crippen molar-refractivity contribution in [2.24, 2.45) is 5.92 Å². The molecule has 0 radical (unpaired) electrons. The van der Waals surface area contributed by atoms with Crippen molar-refractivity contribution in [3.05, 3.63) is 43.6 Å². The van der Waals surface area contributed by atoms with Gasteiger partial charge in [-0.2, -0.15) is 0 Å². The van der Waals surface area contributed by atoms with Gasteiger partial charge in [-0.15, -0.1) is 0 Å². The summed E-state index contributed by atoms with van der Waals surface area (Å²) < 4.78 is -0.342. The molecular weight excluding hydrogens is 308 g/mol. The van der Waals surface area contributed by atoms with Gasteiger partial charge >= 0.3 is 0 Å². The van der Waals surface area contributed by atoms with Crippen molar-refractivity contribution in [1.29, 1.82) is 0 Å². The summed E-state index contributed by atoms with van der Waals surface area (Å²) in [5.41, 5.74) is 1.45. The number of nitro benzene ring substituents is 1. The molecule has 1 aliphatic carbocycles. The molecule has 1 aromatic carbocycles. The number of nitrogens with zero attached hydrogens (tertiary/aromatic N) is 2. The molecule has 1 aromatic rings. The molecule has 1 unspecified atom stereocenters. The molecule has 7 heteroatoms. The predicted molar refractivity (Wildman–Crippen MR) is 82.0 cm³/mol. The van der Waals surface area contributed by atoms with Crippen LogP contribution >= 0.6 is 11.6 Å². The summed E-state index contributed by atoms with van der Waals surface area (Å²) in [6.45, 7) is 0.802. The van der Waals surface area contributed by atoms with Crippen molar-refractivity contribution >= 4 is 17.3 Å². The molecule has 2 aliphatic rings. The number of hydroxylamine groups is 3. The summed E-state index contributed by atoms with van der Waals surface area (Å²) in [5, 5.41) is 33.4. The van der Waals surface area contributed by atoms with E-state index < -0.39 is 4.92 Å². The Bertz CT molecular complexity index is 601. The molecule has 3 rings (SSSR count). The molecule has 0 amide bonds. The van der Waals surface area contributed by atoms with Crippen LogP contribution < -0.4 is 0 Å². The van der Waals surface area contributed by atoms with Crippen molar-refractivity contribution in [1.82, 2.24) is 0 Å². The normalized spacial score (nSPS) is 31.0. The Morgan fingerprint density at radius 1 is 1.23 bits per heavy atom. The van der Waals surface area contributed by atoms with Crippen LogP contribution in [0.3, 0.4) is 0 Å². The van der Waals surface area contributed by atoms with Crippen LogP contribution in [0.1, 0.15) is 36.8 Å². The molecular formula is C15H19ClN2O4. The van der Waals surface area contributed by atoms with E-state index in [1.165, 1.54) is 6.07 Å². The van der Waals surface area contributed by atoms with E-state index in [0.717, 1.165) is 36.8 Å². The van der Waals surface area contributed by atoms with E-state index in [9.17, 15) is 20.4 Å². The lowest BCUT2D eigenvalue weighted by atomic mass is 9.85. The van der Waals surface area contributed by atoms with Gasteiger partial charge < -0.3 is 15.0 Å². The average molecular weight is 327 g/mol. The smallest absolute Gasteiger partial charge is 0.288 e. The zero-order chi connectivity index (χ0) is 15.9. The molecule has 1 atom stereocenters.